The summed E-state index contributed by atoms with van der Waals surface area (Å²) in [5.74, 6) is -2.06. The van der Waals surface area contributed by atoms with E-state index < -0.39 is 36.3 Å². The summed E-state index contributed by atoms with van der Waals surface area (Å²) in [6, 6.07) is 14.6. The van der Waals surface area contributed by atoms with Crippen LogP contribution in [-0.4, -0.2) is 40.0 Å². The van der Waals surface area contributed by atoms with E-state index in [0.717, 1.165) is 16.5 Å². The van der Waals surface area contributed by atoms with Crippen molar-refractivity contribution in [2.24, 2.45) is 5.92 Å². The monoisotopic (exact) mass is 450 g/mol. The third-order valence-electron chi connectivity index (χ3n) is 5.40. The number of aliphatic carboxylic acids is 1. The Bertz CT molecular complexity index is 1130. The van der Waals surface area contributed by atoms with E-state index in [1.54, 1.807) is 18.3 Å². The maximum Gasteiger partial charge on any atom is 0.326 e. The van der Waals surface area contributed by atoms with Crippen molar-refractivity contribution in [1.82, 2.24) is 15.6 Å². The molecule has 0 aliphatic rings. The van der Waals surface area contributed by atoms with Crippen molar-refractivity contribution in [3.8, 4) is 0 Å². The van der Waals surface area contributed by atoms with Crippen LogP contribution in [0.2, 0.25) is 0 Å². The topological polar surface area (TPSA) is 111 Å². The van der Waals surface area contributed by atoms with Gasteiger partial charge in [-0.25, -0.2) is 4.79 Å². The van der Waals surface area contributed by atoms with Crippen molar-refractivity contribution in [3.63, 3.8) is 0 Å². The summed E-state index contributed by atoms with van der Waals surface area (Å²) in [7, 11) is 0. The van der Waals surface area contributed by atoms with Crippen LogP contribution in [0.3, 0.4) is 0 Å². The lowest BCUT2D eigenvalue weighted by molar-refractivity contribution is -0.142. The fraction of sp³-hybridized carbons (Fsp3) is 0.346. The van der Waals surface area contributed by atoms with Crippen molar-refractivity contribution in [3.05, 3.63) is 71.9 Å². The van der Waals surface area contributed by atoms with Gasteiger partial charge in [0.2, 0.25) is 11.8 Å². The molecule has 0 aliphatic heterocycles. The van der Waals surface area contributed by atoms with E-state index in [0.29, 0.717) is 5.56 Å². The molecule has 0 saturated carbocycles. The number of para-hydroxylation sites is 1. The number of benzene rings is 2. The van der Waals surface area contributed by atoms with Gasteiger partial charge in [0.15, 0.2) is 0 Å². The van der Waals surface area contributed by atoms with E-state index in [-0.39, 0.29) is 25.2 Å². The number of amides is 2. The number of hydrogen-bond acceptors (Lipinski definition) is 3. The quantitative estimate of drug-likeness (QED) is 0.359. The third kappa shape index (κ3) is 6.94. The molecule has 1 aromatic heterocycles. The molecule has 2 aromatic carbocycles. The first kappa shape index (κ1) is 22.6. The molecule has 0 radical (unpaired) electrons. The second-order valence-electron chi connectivity index (χ2n) is 8.53. The Morgan fingerprint density at radius 3 is 2.39 bits per heavy atom. The van der Waals surface area contributed by atoms with Gasteiger partial charge in [-0.2, -0.15) is 0 Å². The first-order valence-electron chi connectivity index (χ1n) is 11.7. The molecule has 7 nitrogen and oxygen atoms in total. The zero-order valence-electron chi connectivity index (χ0n) is 19.9. The van der Waals surface area contributed by atoms with Crippen LogP contribution in [0.25, 0.3) is 10.9 Å². The number of rotatable bonds is 11. The number of hydrogen-bond donors (Lipinski definition) is 4. The molecule has 1 heterocycles. The lowest BCUT2D eigenvalue weighted by Gasteiger charge is -2.22. The number of fused-ring (bicyclic) bond motifs is 1. The highest BCUT2D eigenvalue weighted by Gasteiger charge is 2.28. The van der Waals surface area contributed by atoms with Crippen molar-refractivity contribution in [2.75, 3.05) is 0 Å². The van der Waals surface area contributed by atoms with Crippen molar-refractivity contribution >= 4 is 28.7 Å². The summed E-state index contributed by atoms with van der Waals surface area (Å²) in [6.07, 6.45) is 1.36. The molecule has 0 spiro atoms. The molecule has 33 heavy (non-hydrogen) atoms. The lowest BCUT2D eigenvalue weighted by Crippen LogP contribution is -2.52. The maximum atomic E-state index is 13.1. The van der Waals surface area contributed by atoms with Crippen LogP contribution >= 0.6 is 0 Å². The second-order valence-corrected chi connectivity index (χ2v) is 8.53. The van der Waals surface area contributed by atoms with Gasteiger partial charge in [-0.15, -0.1) is 0 Å². The van der Waals surface area contributed by atoms with Gasteiger partial charge in [0, 0.05) is 31.3 Å². The Kier molecular flexibility index (Phi) is 7.74. The number of carboxylic acid groups (broad SMARTS) is 1. The molecule has 4 N–H and O–H groups in total. The van der Waals surface area contributed by atoms with E-state index in [9.17, 15) is 19.5 Å². The van der Waals surface area contributed by atoms with Crippen molar-refractivity contribution < 1.29 is 20.9 Å². The summed E-state index contributed by atoms with van der Waals surface area (Å²) in [5.41, 5.74) is 2.44. The predicted octanol–water partition coefficient (Wildman–Crippen LogP) is 3.44. The Balaban J connectivity index is 1.78. The number of carboxylic acids is 1. The fourth-order valence-corrected chi connectivity index (χ4v) is 3.75. The highest BCUT2D eigenvalue weighted by Crippen LogP contribution is 2.19. The maximum absolute atomic E-state index is 13.1. The summed E-state index contributed by atoms with van der Waals surface area (Å²) in [5, 5.41) is 15.8. The van der Waals surface area contributed by atoms with Crippen LogP contribution in [0.4, 0.5) is 0 Å². The Hall–Kier alpha value is -3.61. The van der Waals surface area contributed by atoms with E-state index >= 15 is 0 Å². The van der Waals surface area contributed by atoms with E-state index in [1.165, 1.54) is 0 Å². The molecule has 0 aliphatic carbocycles. The molecule has 3 atom stereocenters. The smallest absolute Gasteiger partial charge is 0.326 e. The van der Waals surface area contributed by atoms with Gasteiger partial charge < -0.3 is 20.7 Å². The van der Waals surface area contributed by atoms with Crippen LogP contribution in [-0.2, 0) is 27.2 Å². The SMILES string of the molecule is [2H]C(CC(=O)N[C@@H](Cc1c[nH]c2ccccc12)C(=O)N[C@@H](CC(C)C)C(=O)O)c1ccccc1. The number of aromatic nitrogens is 1. The Labute approximate surface area is 195 Å². The van der Waals surface area contributed by atoms with Gasteiger partial charge >= 0.3 is 5.97 Å². The molecule has 1 unspecified atom stereocenters. The molecule has 0 saturated heterocycles. The molecule has 7 heteroatoms. The zero-order valence-corrected chi connectivity index (χ0v) is 18.9. The molecule has 0 fully saturated rings. The number of H-pyrrole nitrogens is 1. The van der Waals surface area contributed by atoms with Gasteiger partial charge in [0.1, 0.15) is 12.1 Å². The predicted molar refractivity (Wildman–Crippen MR) is 128 cm³/mol. The standard InChI is InChI=1S/C26H31N3O4/c1-17(2)14-23(26(32)33)29-25(31)22(15-19-16-27-21-11-7-6-10-20(19)21)28-24(30)13-12-18-8-4-3-5-9-18/h3-11,16-17,22-23,27H,12-15H2,1-2H3,(H,28,30)(H,29,31)(H,32,33)/t22-,23-/m0/s1/i12D/t12?,22-,23-. The summed E-state index contributed by atoms with van der Waals surface area (Å²) in [4.78, 5) is 40.8. The van der Waals surface area contributed by atoms with Crippen LogP contribution in [0.5, 0.6) is 0 Å². The summed E-state index contributed by atoms with van der Waals surface area (Å²) in [6.45, 7) is 3.76. The van der Waals surface area contributed by atoms with Gasteiger partial charge in [0.05, 0.1) is 0 Å². The van der Waals surface area contributed by atoms with Crippen molar-refractivity contribution in [1.29, 1.82) is 0 Å². The highest BCUT2D eigenvalue weighted by atomic mass is 16.4. The molecule has 3 rings (SSSR count). The number of aryl methyl sites for hydroxylation is 1. The molecule has 3 aromatic rings. The van der Waals surface area contributed by atoms with Crippen LogP contribution in [0.15, 0.2) is 60.8 Å². The summed E-state index contributed by atoms with van der Waals surface area (Å²) >= 11 is 0. The minimum atomic E-state index is -1.12. The van der Waals surface area contributed by atoms with Gasteiger partial charge in [-0.05, 0) is 35.9 Å². The van der Waals surface area contributed by atoms with E-state index in [4.69, 9.17) is 1.37 Å². The van der Waals surface area contributed by atoms with Crippen LogP contribution in [0.1, 0.15) is 39.2 Å². The van der Waals surface area contributed by atoms with Gasteiger partial charge in [-0.3, -0.25) is 9.59 Å². The first-order valence-corrected chi connectivity index (χ1v) is 11.1. The summed E-state index contributed by atoms with van der Waals surface area (Å²) < 4.78 is 8.30. The molecule has 2 amide bonds. The number of nitrogens with one attached hydrogen (secondary N) is 3. The Morgan fingerprint density at radius 1 is 1.00 bits per heavy atom. The van der Waals surface area contributed by atoms with E-state index in [2.05, 4.69) is 15.6 Å². The minimum absolute atomic E-state index is 0.0676. The van der Waals surface area contributed by atoms with Gasteiger partial charge in [0.25, 0.3) is 0 Å². The highest BCUT2D eigenvalue weighted by molar-refractivity contribution is 5.91. The number of aromatic amines is 1. The number of carbonyl (C=O) groups is 3. The zero-order chi connectivity index (χ0) is 24.7. The minimum Gasteiger partial charge on any atom is -0.480 e. The largest absolute Gasteiger partial charge is 0.480 e. The molecular weight excluding hydrogens is 418 g/mol. The normalized spacial score (nSPS) is 14.3. The average molecular weight is 451 g/mol. The van der Waals surface area contributed by atoms with Crippen molar-refractivity contribution in [2.45, 2.75) is 51.6 Å². The molecule has 0 bridgehead atoms. The fourth-order valence-electron chi connectivity index (χ4n) is 3.75. The van der Waals surface area contributed by atoms with Crippen LogP contribution in [0, 0.1) is 5.92 Å². The van der Waals surface area contributed by atoms with Gasteiger partial charge in [-0.1, -0.05) is 62.4 Å². The third-order valence-corrected chi connectivity index (χ3v) is 5.40. The lowest BCUT2D eigenvalue weighted by atomic mass is 10.0. The molecular formula is C26H31N3O4. The first-order chi connectivity index (χ1) is 16.2. The average Bonchev–Trinajstić information content (AvgIpc) is 3.21. The Morgan fingerprint density at radius 2 is 1.70 bits per heavy atom. The van der Waals surface area contributed by atoms with Crippen LogP contribution < -0.4 is 10.6 Å². The number of carbonyl (C=O) groups excluding carboxylic acids is 2. The van der Waals surface area contributed by atoms with E-state index in [1.807, 2.05) is 56.3 Å². The molecule has 174 valence electrons. The second kappa shape index (κ2) is 11.3.